The predicted molar refractivity (Wildman–Crippen MR) is 67.2 cm³/mol. The number of aliphatic hydroxyl groups is 2. The van der Waals surface area contributed by atoms with E-state index in [2.05, 4.69) is 20.8 Å². The summed E-state index contributed by atoms with van der Waals surface area (Å²) in [7, 11) is 0. The van der Waals surface area contributed by atoms with Crippen molar-refractivity contribution in [1.29, 1.82) is 0 Å². The number of hydrogen-bond donors (Lipinski definition) is 2. The van der Waals surface area contributed by atoms with E-state index in [1.54, 1.807) is 0 Å². The Morgan fingerprint density at radius 2 is 2.00 bits per heavy atom. The molecule has 0 radical (unpaired) electrons. The van der Waals surface area contributed by atoms with Crippen molar-refractivity contribution in [3.63, 3.8) is 0 Å². The normalized spacial score (nSPS) is 36.0. The molecule has 0 amide bonds. The molecule has 2 N–H and O–H groups in total. The molecule has 96 valence electrons. The van der Waals surface area contributed by atoms with Crippen LogP contribution in [-0.4, -0.2) is 22.4 Å². The van der Waals surface area contributed by atoms with Crippen LogP contribution >= 0.6 is 0 Å². The van der Waals surface area contributed by atoms with Crippen molar-refractivity contribution in [3.8, 4) is 0 Å². The summed E-state index contributed by atoms with van der Waals surface area (Å²) >= 11 is 0. The second kappa shape index (κ2) is 5.50. The fraction of sp³-hybridized carbons (Fsp3) is 1.00. The highest BCUT2D eigenvalue weighted by Gasteiger charge is 2.40. The molecule has 1 aliphatic carbocycles. The van der Waals surface area contributed by atoms with E-state index in [0.29, 0.717) is 17.3 Å². The van der Waals surface area contributed by atoms with Gasteiger partial charge < -0.3 is 10.2 Å². The number of rotatable bonds is 4. The van der Waals surface area contributed by atoms with Gasteiger partial charge >= 0.3 is 0 Å². The van der Waals surface area contributed by atoms with Crippen LogP contribution in [0.25, 0.3) is 0 Å². The van der Waals surface area contributed by atoms with Crippen LogP contribution in [0.15, 0.2) is 0 Å². The monoisotopic (exact) mass is 228 g/mol. The molecule has 0 aromatic heterocycles. The highest BCUT2D eigenvalue weighted by molar-refractivity contribution is 4.90. The highest BCUT2D eigenvalue weighted by Crippen LogP contribution is 2.46. The maximum absolute atomic E-state index is 9.94. The van der Waals surface area contributed by atoms with Crippen LogP contribution in [0.3, 0.4) is 0 Å². The van der Waals surface area contributed by atoms with E-state index in [1.807, 2.05) is 6.92 Å². The number of hydrogen-bond acceptors (Lipinski definition) is 2. The Bertz CT molecular complexity index is 213. The average Bonchev–Trinajstić information content (AvgIpc) is 2.23. The quantitative estimate of drug-likeness (QED) is 0.776. The third-order valence-electron chi connectivity index (χ3n) is 4.61. The Balaban J connectivity index is 2.58. The van der Waals surface area contributed by atoms with Crippen molar-refractivity contribution in [3.05, 3.63) is 0 Å². The van der Waals surface area contributed by atoms with Crippen LogP contribution in [0.1, 0.15) is 59.8 Å². The predicted octanol–water partition coefficient (Wildman–Crippen LogP) is 2.97. The first-order chi connectivity index (χ1) is 7.38. The molecular weight excluding hydrogens is 200 g/mol. The summed E-state index contributed by atoms with van der Waals surface area (Å²) in [5, 5.41) is 19.6. The summed E-state index contributed by atoms with van der Waals surface area (Å²) in [5.41, 5.74) is 0.312. The van der Waals surface area contributed by atoms with Crippen LogP contribution < -0.4 is 0 Å². The van der Waals surface area contributed by atoms with E-state index in [0.717, 1.165) is 32.1 Å². The maximum Gasteiger partial charge on any atom is 0.0568 e. The zero-order valence-corrected chi connectivity index (χ0v) is 11.2. The van der Waals surface area contributed by atoms with Gasteiger partial charge in [-0.2, -0.15) is 0 Å². The Kier molecular flexibility index (Phi) is 4.81. The summed E-state index contributed by atoms with van der Waals surface area (Å²) in [6, 6.07) is 0. The zero-order valence-electron chi connectivity index (χ0n) is 11.2. The molecule has 16 heavy (non-hydrogen) atoms. The van der Waals surface area contributed by atoms with Gasteiger partial charge in [-0.1, -0.05) is 27.7 Å². The summed E-state index contributed by atoms with van der Waals surface area (Å²) in [6.07, 6.45) is 4.48. The number of aliphatic hydroxyl groups excluding tert-OH is 2. The molecule has 2 heteroatoms. The third-order valence-corrected chi connectivity index (χ3v) is 4.61. The molecule has 4 unspecified atom stereocenters. The molecule has 1 aliphatic rings. The maximum atomic E-state index is 9.94. The van der Waals surface area contributed by atoms with Crippen LogP contribution in [0.2, 0.25) is 0 Å². The molecular formula is C14H28O2. The van der Waals surface area contributed by atoms with Crippen molar-refractivity contribution in [2.45, 2.75) is 72.0 Å². The summed E-state index contributed by atoms with van der Waals surface area (Å²) in [4.78, 5) is 0. The van der Waals surface area contributed by atoms with Crippen molar-refractivity contribution < 1.29 is 10.2 Å². The van der Waals surface area contributed by atoms with Gasteiger partial charge in [-0.15, -0.1) is 0 Å². The van der Waals surface area contributed by atoms with Gasteiger partial charge in [-0.05, 0) is 49.4 Å². The molecule has 0 spiro atoms. The summed E-state index contributed by atoms with van der Waals surface area (Å²) in [6.45, 7) is 8.79. The van der Waals surface area contributed by atoms with E-state index in [1.165, 1.54) is 0 Å². The second-order valence-electron chi connectivity index (χ2n) is 6.20. The third kappa shape index (κ3) is 3.21. The second-order valence-corrected chi connectivity index (χ2v) is 6.20. The Morgan fingerprint density at radius 1 is 1.38 bits per heavy atom. The van der Waals surface area contributed by atoms with Gasteiger partial charge in [0.25, 0.3) is 0 Å². The van der Waals surface area contributed by atoms with Crippen molar-refractivity contribution >= 4 is 0 Å². The topological polar surface area (TPSA) is 40.5 Å². The lowest BCUT2D eigenvalue weighted by Gasteiger charge is -2.45. The van der Waals surface area contributed by atoms with Gasteiger partial charge in [-0.3, -0.25) is 0 Å². The van der Waals surface area contributed by atoms with E-state index >= 15 is 0 Å². The van der Waals surface area contributed by atoms with Gasteiger partial charge in [0, 0.05) is 0 Å². The fourth-order valence-corrected chi connectivity index (χ4v) is 3.18. The molecule has 0 aliphatic heterocycles. The minimum Gasteiger partial charge on any atom is -0.393 e. The van der Waals surface area contributed by atoms with Gasteiger partial charge in [0.1, 0.15) is 0 Å². The molecule has 4 atom stereocenters. The first-order valence-corrected chi connectivity index (χ1v) is 6.74. The van der Waals surface area contributed by atoms with E-state index in [-0.39, 0.29) is 12.2 Å². The molecule has 0 saturated heterocycles. The molecule has 1 saturated carbocycles. The van der Waals surface area contributed by atoms with Crippen LogP contribution in [0.5, 0.6) is 0 Å². The lowest BCUT2D eigenvalue weighted by Crippen LogP contribution is -2.41. The lowest BCUT2D eigenvalue weighted by molar-refractivity contribution is -0.0334. The standard InChI is InChI=1S/C14H28O2/c1-5-11(15)6-7-12-10(2)13(16)8-9-14(12,3)4/h10-13,15-16H,5-9H2,1-4H3. The molecule has 1 rings (SSSR count). The Morgan fingerprint density at radius 3 is 2.56 bits per heavy atom. The molecule has 0 aromatic rings. The van der Waals surface area contributed by atoms with Crippen LogP contribution in [0, 0.1) is 17.3 Å². The van der Waals surface area contributed by atoms with Crippen LogP contribution in [0.4, 0.5) is 0 Å². The van der Waals surface area contributed by atoms with E-state index in [9.17, 15) is 10.2 Å². The molecule has 0 bridgehead atoms. The summed E-state index contributed by atoms with van der Waals surface area (Å²) in [5.74, 6) is 0.908. The SMILES string of the molecule is CCC(O)CCC1C(C)C(O)CCC1(C)C. The van der Waals surface area contributed by atoms with E-state index < -0.39 is 0 Å². The zero-order chi connectivity index (χ0) is 12.3. The Hall–Kier alpha value is -0.0800. The van der Waals surface area contributed by atoms with Gasteiger partial charge in [0.2, 0.25) is 0 Å². The van der Waals surface area contributed by atoms with Crippen LogP contribution in [-0.2, 0) is 0 Å². The molecule has 2 nitrogen and oxygen atoms in total. The molecule has 0 aromatic carbocycles. The fourth-order valence-electron chi connectivity index (χ4n) is 3.18. The summed E-state index contributed by atoms with van der Waals surface area (Å²) < 4.78 is 0. The van der Waals surface area contributed by atoms with E-state index in [4.69, 9.17) is 0 Å². The van der Waals surface area contributed by atoms with Crippen molar-refractivity contribution in [2.24, 2.45) is 17.3 Å². The van der Waals surface area contributed by atoms with Crippen molar-refractivity contribution in [1.82, 2.24) is 0 Å². The van der Waals surface area contributed by atoms with Gasteiger partial charge in [0.15, 0.2) is 0 Å². The average molecular weight is 228 g/mol. The first kappa shape index (κ1) is 14.0. The molecule has 1 fully saturated rings. The van der Waals surface area contributed by atoms with Crippen molar-refractivity contribution in [2.75, 3.05) is 0 Å². The minimum absolute atomic E-state index is 0.142. The Labute approximate surface area is 100 Å². The molecule has 0 heterocycles. The highest BCUT2D eigenvalue weighted by atomic mass is 16.3. The largest absolute Gasteiger partial charge is 0.393 e. The minimum atomic E-state index is -0.165. The lowest BCUT2D eigenvalue weighted by atomic mass is 9.61. The smallest absolute Gasteiger partial charge is 0.0568 e. The van der Waals surface area contributed by atoms with Gasteiger partial charge in [-0.25, -0.2) is 0 Å². The van der Waals surface area contributed by atoms with Gasteiger partial charge in [0.05, 0.1) is 12.2 Å². The first-order valence-electron chi connectivity index (χ1n) is 6.74.